The summed E-state index contributed by atoms with van der Waals surface area (Å²) in [5.74, 6) is 0.190. The molecule has 0 bridgehead atoms. The number of anilines is 1. The molecule has 3 unspecified atom stereocenters. The number of aliphatic hydroxyl groups is 1. The minimum atomic E-state index is -0.320. The molecule has 5 heteroatoms. The standard InChI is InChI=1S/C12H14Cl3NO/c13-8-1-7(12(17)5-8)6-16-11-3-9(14)2-10(15)4-11/h2-4,7-8,12,16-17H,1,5-6H2. The molecule has 2 rings (SSSR count). The minimum absolute atomic E-state index is 0.0831. The van der Waals surface area contributed by atoms with E-state index in [1.807, 2.05) is 12.1 Å². The first-order valence-electron chi connectivity index (χ1n) is 5.56. The Hall–Kier alpha value is -0.150. The lowest BCUT2D eigenvalue weighted by atomic mass is 10.1. The summed E-state index contributed by atoms with van der Waals surface area (Å²) in [6.45, 7) is 0.682. The van der Waals surface area contributed by atoms with E-state index in [0.29, 0.717) is 23.0 Å². The smallest absolute Gasteiger partial charge is 0.0599 e. The van der Waals surface area contributed by atoms with Crippen molar-refractivity contribution in [2.24, 2.45) is 5.92 Å². The van der Waals surface area contributed by atoms with Crippen LogP contribution in [0.15, 0.2) is 18.2 Å². The molecule has 0 aliphatic heterocycles. The summed E-state index contributed by atoms with van der Waals surface area (Å²) in [4.78, 5) is 0. The summed E-state index contributed by atoms with van der Waals surface area (Å²) in [6.07, 6.45) is 1.19. The summed E-state index contributed by atoms with van der Waals surface area (Å²) in [7, 11) is 0. The average Bonchev–Trinajstić information content (AvgIpc) is 2.53. The summed E-state index contributed by atoms with van der Waals surface area (Å²) in [5, 5.41) is 14.3. The summed E-state index contributed by atoms with van der Waals surface area (Å²) < 4.78 is 0. The zero-order valence-corrected chi connectivity index (χ0v) is 11.4. The van der Waals surface area contributed by atoms with E-state index in [1.54, 1.807) is 6.07 Å². The number of hydrogen-bond donors (Lipinski definition) is 2. The lowest BCUT2D eigenvalue weighted by molar-refractivity contribution is 0.138. The lowest BCUT2D eigenvalue weighted by Gasteiger charge is -2.16. The summed E-state index contributed by atoms with van der Waals surface area (Å²) >= 11 is 17.8. The maximum absolute atomic E-state index is 9.77. The molecule has 2 nitrogen and oxygen atoms in total. The molecule has 1 aliphatic rings. The van der Waals surface area contributed by atoms with Gasteiger partial charge in [0.1, 0.15) is 0 Å². The highest BCUT2D eigenvalue weighted by molar-refractivity contribution is 6.35. The fraction of sp³-hybridized carbons (Fsp3) is 0.500. The van der Waals surface area contributed by atoms with E-state index < -0.39 is 0 Å². The normalized spacial score (nSPS) is 28.4. The number of nitrogens with one attached hydrogen (secondary N) is 1. The van der Waals surface area contributed by atoms with Crippen molar-refractivity contribution in [3.05, 3.63) is 28.2 Å². The lowest BCUT2D eigenvalue weighted by Crippen LogP contribution is -2.21. The Bertz CT molecular complexity index is 379. The second kappa shape index (κ2) is 5.66. The molecule has 2 N–H and O–H groups in total. The highest BCUT2D eigenvalue weighted by Crippen LogP contribution is 2.30. The van der Waals surface area contributed by atoms with Gasteiger partial charge in [0.15, 0.2) is 0 Å². The van der Waals surface area contributed by atoms with Crippen LogP contribution in [-0.4, -0.2) is 23.1 Å². The fourth-order valence-corrected chi connectivity index (χ4v) is 3.10. The van der Waals surface area contributed by atoms with Gasteiger partial charge in [-0.3, -0.25) is 0 Å². The molecule has 94 valence electrons. The van der Waals surface area contributed by atoms with Gasteiger partial charge >= 0.3 is 0 Å². The van der Waals surface area contributed by atoms with Gasteiger partial charge in [-0.05, 0) is 31.0 Å². The van der Waals surface area contributed by atoms with Gasteiger partial charge in [0.2, 0.25) is 0 Å². The van der Waals surface area contributed by atoms with Gasteiger partial charge in [0, 0.05) is 33.6 Å². The SMILES string of the molecule is OC1CC(Cl)CC1CNc1cc(Cl)cc(Cl)c1. The van der Waals surface area contributed by atoms with Gasteiger partial charge in [-0.2, -0.15) is 0 Å². The van der Waals surface area contributed by atoms with E-state index in [0.717, 1.165) is 12.1 Å². The topological polar surface area (TPSA) is 32.3 Å². The number of hydrogen-bond acceptors (Lipinski definition) is 2. The highest BCUT2D eigenvalue weighted by atomic mass is 35.5. The monoisotopic (exact) mass is 293 g/mol. The quantitative estimate of drug-likeness (QED) is 0.832. The van der Waals surface area contributed by atoms with E-state index in [2.05, 4.69) is 5.32 Å². The van der Waals surface area contributed by atoms with Gasteiger partial charge in [0.25, 0.3) is 0 Å². The van der Waals surface area contributed by atoms with Gasteiger partial charge < -0.3 is 10.4 Å². The Labute approximate surface area is 116 Å². The Morgan fingerprint density at radius 2 is 1.82 bits per heavy atom. The number of benzene rings is 1. The van der Waals surface area contributed by atoms with Crippen LogP contribution in [0.3, 0.4) is 0 Å². The minimum Gasteiger partial charge on any atom is -0.393 e. The zero-order valence-electron chi connectivity index (χ0n) is 9.17. The van der Waals surface area contributed by atoms with Crippen molar-refractivity contribution in [2.45, 2.75) is 24.3 Å². The maximum Gasteiger partial charge on any atom is 0.0599 e. The largest absolute Gasteiger partial charge is 0.393 e. The third-order valence-corrected chi connectivity index (χ3v) is 3.82. The third kappa shape index (κ3) is 3.65. The first-order chi connectivity index (χ1) is 8.04. The molecule has 3 atom stereocenters. The molecule has 1 aliphatic carbocycles. The summed E-state index contributed by atoms with van der Waals surface area (Å²) in [6, 6.07) is 5.31. The Morgan fingerprint density at radius 3 is 2.35 bits per heavy atom. The first-order valence-corrected chi connectivity index (χ1v) is 6.76. The Balaban J connectivity index is 1.93. The molecule has 1 saturated carbocycles. The number of aliphatic hydroxyl groups excluding tert-OH is 1. The van der Waals surface area contributed by atoms with Crippen LogP contribution in [0.2, 0.25) is 10.0 Å². The number of rotatable bonds is 3. The molecular weight excluding hydrogens is 280 g/mol. The van der Waals surface area contributed by atoms with Crippen LogP contribution in [0.5, 0.6) is 0 Å². The zero-order chi connectivity index (χ0) is 12.4. The van der Waals surface area contributed by atoms with E-state index >= 15 is 0 Å². The molecule has 0 saturated heterocycles. The van der Waals surface area contributed by atoms with Crippen molar-refractivity contribution >= 4 is 40.5 Å². The average molecular weight is 295 g/mol. The van der Waals surface area contributed by atoms with Crippen LogP contribution in [0, 0.1) is 5.92 Å². The van der Waals surface area contributed by atoms with E-state index in [-0.39, 0.29) is 17.4 Å². The van der Waals surface area contributed by atoms with Crippen molar-refractivity contribution in [2.75, 3.05) is 11.9 Å². The van der Waals surface area contributed by atoms with Crippen LogP contribution in [0.25, 0.3) is 0 Å². The highest BCUT2D eigenvalue weighted by Gasteiger charge is 2.31. The first kappa shape index (κ1) is 13.3. The second-order valence-electron chi connectivity index (χ2n) is 4.44. The van der Waals surface area contributed by atoms with Gasteiger partial charge in [-0.25, -0.2) is 0 Å². The van der Waals surface area contributed by atoms with Crippen LogP contribution >= 0.6 is 34.8 Å². The van der Waals surface area contributed by atoms with Gasteiger partial charge in [-0.1, -0.05) is 23.2 Å². The molecule has 1 aromatic carbocycles. The van der Waals surface area contributed by atoms with E-state index in [4.69, 9.17) is 34.8 Å². The maximum atomic E-state index is 9.77. The second-order valence-corrected chi connectivity index (χ2v) is 5.93. The molecule has 0 spiro atoms. The van der Waals surface area contributed by atoms with Crippen LogP contribution in [0.4, 0.5) is 5.69 Å². The van der Waals surface area contributed by atoms with Gasteiger partial charge in [0.05, 0.1) is 6.10 Å². The molecule has 0 aromatic heterocycles. The van der Waals surface area contributed by atoms with E-state index in [1.165, 1.54) is 0 Å². The Kier molecular flexibility index (Phi) is 4.42. The molecule has 1 aromatic rings. The van der Waals surface area contributed by atoms with Crippen LogP contribution in [-0.2, 0) is 0 Å². The predicted octanol–water partition coefficient (Wildman–Crippen LogP) is 3.78. The number of halogens is 3. The number of alkyl halides is 1. The van der Waals surface area contributed by atoms with Crippen molar-refractivity contribution < 1.29 is 5.11 Å². The predicted molar refractivity (Wildman–Crippen MR) is 73.3 cm³/mol. The molecule has 1 fully saturated rings. The molecule has 17 heavy (non-hydrogen) atoms. The molecule has 0 radical (unpaired) electrons. The third-order valence-electron chi connectivity index (χ3n) is 3.03. The molecular formula is C12H14Cl3NO. The van der Waals surface area contributed by atoms with E-state index in [9.17, 15) is 5.11 Å². The van der Waals surface area contributed by atoms with Crippen molar-refractivity contribution in [3.63, 3.8) is 0 Å². The van der Waals surface area contributed by atoms with Gasteiger partial charge in [-0.15, -0.1) is 11.6 Å². The van der Waals surface area contributed by atoms with Crippen molar-refractivity contribution in [1.29, 1.82) is 0 Å². The van der Waals surface area contributed by atoms with Crippen molar-refractivity contribution in [3.8, 4) is 0 Å². The Morgan fingerprint density at radius 1 is 1.18 bits per heavy atom. The summed E-state index contributed by atoms with van der Waals surface area (Å²) in [5.41, 5.74) is 0.868. The van der Waals surface area contributed by atoms with Crippen LogP contribution < -0.4 is 5.32 Å². The molecule has 0 heterocycles. The fourth-order valence-electron chi connectivity index (χ4n) is 2.16. The van der Waals surface area contributed by atoms with Crippen molar-refractivity contribution in [1.82, 2.24) is 0 Å². The molecule has 0 amide bonds. The van der Waals surface area contributed by atoms with Crippen LogP contribution in [0.1, 0.15) is 12.8 Å².